The van der Waals surface area contributed by atoms with Crippen LogP contribution >= 0.6 is 11.6 Å². The molecule has 122 valence electrons. The Hall–Kier alpha value is -2.53. The van der Waals surface area contributed by atoms with E-state index in [4.69, 9.17) is 16.3 Å². The van der Waals surface area contributed by atoms with E-state index in [1.165, 1.54) is 12.8 Å². The molecule has 0 amide bonds. The van der Waals surface area contributed by atoms with Crippen LogP contribution in [-0.2, 0) is 0 Å². The highest BCUT2D eigenvalue weighted by atomic mass is 35.5. The Morgan fingerprint density at radius 3 is 2.75 bits per heavy atom. The Labute approximate surface area is 145 Å². The number of anilines is 3. The van der Waals surface area contributed by atoms with Gasteiger partial charge in [-0.2, -0.15) is 4.98 Å². The number of aromatic nitrogens is 2. The molecule has 0 bridgehead atoms. The molecule has 1 saturated carbocycles. The van der Waals surface area contributed by atoms with Crippen molar-refractivity contribution in [2.45, 2.75) is 18.9 Å². The quantitative estimate of drug-likeness (QED) is 0.710. The fourth-order valence-corrected chi connectivity index (χ4v) is 2.73. The largest absolute Gasteiger partial charge is 0.495 e. The highest BCUT2D eigenvalue weighted by Gasteiger charge is 2.22. The third-order valence-electron chi connectivity index (χ3n) is 3.93. The molecule has 3 aromatic rings. The highest BCUT2D eigenvalue weighted by molar-refractivity contribution is 6.31. The van der Waals surface area contributed by atoms with Crippen LogP contribution in [-0.4, -0.2) is 23.1 Å². The van der Waals surface area contributed by atoms with Crippen LogP contribution in [0.5, 0.6) is 5.75 Å². The molecule has 0 radical (unpaired) electrons. The second kappa shape index (κ2) is 6.17. The van der Waals surface area contributed by atoms with Gasteiger partial charge in [0, 0.05) is 16.5 Å². The van der Waals surface area contributed by atoms with Crippen molar-refractivity contribution in [3.8, 4) is 5.75 Å². The van der Waals surface area contributed by atoms with Crippen LogP contribution in [0.2, 0.25) is 5.02 Å². The minimum atomic E-state index is 0.511. The fraction of sp³-hybridized carbons (Fsp3) is 0.222. The second-order valence-corrected chi connectivity index (χ2v) is 6.24. The number of nitrogens with one attached hydrogen (secondary N) is 2. The number of hydrogen-bond acceptors (Lipinski definition) is 5. The molecule has 24 heavy (non-hydrogen) atoms. The highest BCUT2D eigenvalue weighted by Crippen LogP contribution is 2.32. The molecule has 6 heteroatoms. The van der Waals surface area contributed by atoms with Gasteiger partial charge in [-0.3, -0.25) is 0 Å². The lowest BCUT2D eigenvalue weighted by atomic mass is 10.2. The van der Waals surface area contributed by atoms with E-state index in [0.717, 1.165) is 22.4 Å². The Bertz CT molecular complexity index is 895. The van der Waals surface area contributed by atoms with Gasteiger partial charge in [0.05, 0.1) is 18.3 Å². The van der Waals surface area contributed by atoms with Gasteiger partial charge in [0.15, 0.2) is 0 Å². The maximum Gasteiger partial charge on any atom is 0.229 e. The van der Waals surface area contributed by atoms with Crippen molar-refractivity contribution >= 4 is 40.0 Å². The van der Waals surface area contributed by atoms with Crippen molar-refractivity contribution in [2.24, 2.45) is 0 Å². The SMILES string of the molecule is COc1ccc(Cl)cc1Nc1nc(NC2CC2)c2ccccc2n1. The zero-order valence-electron chi connectivity index (χ0n) is 13.2. The number of halogens is 1. The van der Waals surface area contributed by atoms with E-state index in [-0.39, 0.29) is 0 Å². The normalized spacial score (nSPS) is 13.8. The Morgan fingerprint density at radius 1 is 1.12 bits per heavy atom. The summed E-state index contributed by atoms with van der Waals surface area (Å²) in [7, 11) is 1.62. The lowest BCUT2D eigenvalue weighted by molar-refractivity contribution is 0.417. The predicted octanol–water partition coefficient (Wildman–Crippen LogP) is 4.61. The average molecular weight is 341 g/mol. The lowest BCUT2D eigenvalue weighted by Crippen LogP contribution is -2.07. The summed E-state index contributed by atoms with van der Waals surface area (Å²) >= 11 is 6.09. The van der Waals surface area contributed by atoms with Gasteiger partial charge >= 0.3 is 0 Å². The van der Waals surface area contributed by atoms with Crippen molar-refractivity contribution in [3.63, 3.8) is 0 Å². The molecular weight excluding hydrogens is 324 g/mol. The average Bonchev–Trinajstić information content (AvgIpc) is 3.39. The first-order chi connectivity index (χ1) is 11.7. The molecule has 4 rings (SSSR count). The Kier molecular flexibility index (Phi) is 3.86. The molecule has 1 heterocycles. The van der Waals surface area contributed by atoms with Gasteiger partial charge in [0.2, 0.25) is 5.95 Å². The van der Waals surface area contributed by atoms with Gasteiger partial charge in [0.1, 0.15) is 11.6 Å². The van der Waals surface area contributed by atoms with Gasteiger partial charge in [-0.05, 0) is 43.2 Å². The first kappa shape index (κ1) is 15.0. The molecule has 2 N–H and O–H groups in total. The van der Waals surface area contributed by atoms with Crippen LogP contribution in [0.15, 0.2) is 42.5 Å². The molecule has 1 aromatic heterocycles. The number of hydrogen-bond donors (Lipinski definition) is 2. The standard InChI is InChI=1S/C18H17ClN4O/c1-24-16-9-6-11(19)10-15(16)22-18-21-14-5-3-2-4-13(14)17(23-18)20-12-7-8-12/h2-6,9-10,12H,7-8H2,1H3,(H2,20,21,22,23). The fourth-order valence-electron chi connectivity index (χ4n) is 2.56. The number of para-hydroxylation sites is 1. The zero-order valence-corrected chi connectivity index (χ0v) is 14.0. The van der Waals surface area contributed by atoms with Gasteiger partial charge in [-0.1, -0.05) is 23.7 Å². The summed E-state index contributed by atoms with van der Waals surface area (Å²) in [5, 5.41) is 8.34. The van der Waals surface area contributed by atoms with E-state index in [1.54, 1.807) is 19.2 Å². The minimum Gasteiger partial charge on any atom is -0.495 e. The van der Waals surface area contributed by atoms with Gasteiger partial charge in [0.25, 0.3) is 0 Å². The topological polar surface area (TPSA) is 59.1 Å². The summed E-state index contributed by atoms with van der Waals surface area (Å²) in [4.78, 5) is 9.25. The second-order valence-electron chi connectivity index (χ2n) is 5.80. The Balaban J connectivity index is 1.75. The van der Waals surface area contributed by atoms with Crippen LogP contribution in [0.25, 0.3) is 10.9 Å². The summed E-state index contributed by atoms with van der Waals surface area (Å²) in [5.41, 5.74) is 1.62. The number of benzene rings is 2. The van der Waals surface area contributed by atoms with Crippen molar-refractivity contribution in [1.82, 2.24) is 9.97 Å². The van der Waals surface area contributed by atoms with Crippen LogP contribution in [0, 0.1) is 0 Å². The summed E-state index contributed by atoms with van der Waals surface area (Å²) in [6.45, 7) is 0. The van der Waals surface area contributed by atoms with Crippen molar-refractivity contribution in [1.29, 1.82) is 0 Å². The van der Waals surface area contributed by atoms with E-state index in [2.05, 4.69) is 20.6 Å². The van der Waals surface area contributed by atoms with Gasteiger partial charge < -0.3 is 15.4 Å². The molecule has 0 aliphatic heterocycles. The van der Waals surface area contributed by atoms with E-state index < -0.39 is 0 Å². The molecule has 1 aliphatic rings. The van der Waals surface area contributed by atoms with Gasteiger partial charge in [-0.15, -0.1) is 0 Å². The molecule has 0 saturated heterocycles. The number of rotatable bonds is 5. The van der Waals surface area contributed by atoms with Crippen LogP contribution in [0.1, 0.15) is 12.8 Å². The molecule has 1 aliphatic carbocycles. The molecule has 2 aromatic carbocycles. The van der Waals surface area contributed by atoms with E-state index in [0.29, 0.717) is 22.8 Å². The molecule has 0 unspecified atom stereocenters. The molecule has 5 nitrogen and oxygen atoms in total. The smallest absolute Gasteiger partial charge is 0.229 e. The lowest BCUT2D eigenvalue weighted by Gasteiger charge is -2.13. The van der Waals surface area contributed by atoms with Crippen molar-refractivity contribution < 1.29 is 4.74 Å². The third-order valence-corrected chi connectivity index (χ3v) is 4.16. The van der Waals surface area contributed by atoms with Crippen LogP contribution in [0.4, 0.5) is 17.5 Å². The minimum absolute atomic E-state index is 0.511. The first-order valence-electron chi connectivity index (χ1n) is 7.87. The molecule has 0 spiro atoms. The summed E-state index contributed by atoms with van der Waals surface area (Å²) < 4.78 is 5.37. The van der Waals surface area contributed by atoms with Gasteiger partial charge in [-0.25, -0.2) is 4.98 Å². The zero-order chi connectivity index (χ0) is 16.5. The van der Waals surface area contributed by atoms with Crippen LogP contribution < -0.4 is 15.4 Å². The molecule has 1 fully saturated rings. The maximum absolute atomic E-state index is 6.09. The number of methoxy groups -OCH3 is 1. The maximum atomic E-state index is 6.09. The number of nitrogens with zero attached hydrogens (tertiary/aromatic N) is 2. The third kappa shape index (κ3) is 3.08. The molecule has 0 atom stereocenters. The van der Waals surface area contributed by atoms with Crippen LogP contribution in [0.3, 0.4) is 0 Å². The van der Waals surface area contributed by atoms with Crippen molar-refractivity contribution in [3.05, 3.63) is 47.5 Å². The van der Waals surface area contributed by atoms with Crippen molar-refractivity contribution in [2.75, 3.05) is 17.7 Å². The van der Waals surface area contributed by atoms with E-state index in [9.17, 15) is 0 Å². The monoisotopic (exact) mass is 340 g/mol. The van der Waals surface area contributed by atoms with E-state index >= 15 is 0 Å². The number of fused-ring (bicyclic) bond motifs is 1. The summed E-state index contributed by atoms with van der Waals surface area (Å²) in [5.74, 6) is 2.05. The summed E-state index contributed by atoms with van der Waals surface area (Å²) in [6, 6.07) is 13.9. The number of ether oxygens (including phenoxy) is 1. The molecular formula is C18H17ClN4O. The van der Waals surface area contributed by atoms with E-state index in [1.807, 2.05) is 30.3 Å². The predicted molar refractivity (Wildman–Crippen MR) is 97.5 cm³/mol. The Morgan fingerprint density at radius 2 is 1.96 bits per heavy atom. The first-order valence-corrected chi connectivity index (χ1v) is 8.24. The summed E-state index contributed by atoms with van der Waals surface area (Å²) in [6.07, 6.45) is 2.37.